The Morgan fingerprint density at radius 1 is 1.31 bits per heavy atom. The van der Waals surface area contributed by atoms with Gasteiger partial charge in [-0.1, -0.05) is 36.2 Å². The van der Waals surface area contributed by atoms with Crippen molar-refractivity contribution in [2.24, 2.45) is 17.6 Å². The molecule has 0 saturated heterocycles. The molecule has 0 amide bonds. The van der Waals surface area contributed by atoms with Crippen LogP contribution in [-0.4, -0.2) is 11.2 Å². The Balaban J connectivity index is 0.000000123. The summed E-state index contributed by atoms with van der Waals surface area (Å²) in [5.74, 6) is 1.47. The number of hydrogen-bond donors (Lipinski definition) is 2. The van der Waals surface area contributed by atoms with E-state index in [0.29, 0.717) is 6.54 Å². The number of aliphatic hydroxyl groups excluding tert-OH is 1. The third kappa shape index (κ3) is 2.63. The lowest BCUT2D eigenvalue weighted by Gasteiger charge is -1.95. The van der Waals surface area contributed by atoms with Gasteiger partial charge in [0.25, 0.3) is 0 Å². The van der Waals surface area contributed by atoms with Gasteiger partial charge in [-0.15, -0.1) is 0 Å². The molecule has 0 bridgehead atoms. The Kier molecular flexibility index (Phi) is 3.62. The molecular weight excluding hydrogens is 198 g/mol. The predicted octanol–water partition coefficient (Wildman–Crippen LogP) is 2.23. The summed E-state index contributed by atoms with van der Waals surface area (Å²) in [4.78, 5) is 0. The maximum atomic E-state index is 8.95. The van der Waals surface area contributed by atoms with Crippen LogP contribution in [0, 0.1) is 18.8 Å². The van der Waals surface area contributed by atoms with Crippen molar-refractivity contribution in [3.05, 3.63) is 35.4 Å². The number of rotatable bonds is 1. The third-order valence-corrected chi connectivity index (χ3v) is 3.68. The van der Waals surface area contributed by atoms with E-state index in [1.807, 2.05) is 12.1 Å². The van der Waals surface area contributed by atoms with Gasteiger partial charge in [-0.05, 0) is 37.2 Å². The van der Waals surface area contributed by atoms with Gasteiger partial charge < -0.3 is 10.8 Å². The second-order valence-corrected chi connectivity index (χ2v) is 4.94. The molecule has 2 nitrogen and oxygen atoms in total. The molecular formula is C14H21NO. The summed E-state index contributed by atoms with van der Waals surface area (Å²) in [6, 6.07) is 8.23. The van der Waals surface area contributed by atoms with Gasteiger partial charge in [0.1, 0.15) is 0 Å². The Bertz CT molecular complexity index is 340. The molecule has 2 fully saturated rings. The molecule has 2 heteroatoms. The van der Waals surface area contributed by atoms with Gasteiger partial charge in [-0.25, -0.2) is 0 Å². The van der Waals surface area contributed by atoms with Crippen LogP contribution in [0.4, 0.5) is 0 Å². The lowest BCUT2D eigenvalue weighted by atomic mass is 10.1. The molecule has 1 aromatic carbocycles. The average Bonchev–Trinajstić information content (AvgIpc) is 2.74. The largest absolute Gasteiger partial charge is 0.393 e. The summed E-state index contributed by atoms with van der Waals surface area (Å²) >= 11 is 0. The normalized spacial score (nSPS) is 30.3. The number of fused-ring (bicyclic) bond motifs is 1. The van der Waals surface area contributed by atoms with Gasteiger partial charge in [-0.3, -0.25) is 0 Å². The summed E-state index contributed by atoms with van der Waals surface area (Å²) in [5, 5.41) is 8.95. The highest BCUT2D eigenvalue weighted by Gasteiger charge is 2.51. The van der Waals surface area contributed by atoms with Gasteiger partial charge in [0.2, 0.25) is 0 Å². The van der Waals surface area contributed by atoms with E-state index in [2.05, 4.69) is 19.1 Å². The first-order chi connectivity index (χ1) is 7.72. The van der Waals surface area contributed by atoms with Crippen molar-refractivity contribution in [3.63, 3.8) is 0 Å². The van der Waals surface area contributed by atoms with Crippen molar-refractivity contribution >= 4 is 0 Å². The van der Waals surface area contributed by atoms with Crippen LogP contribution < -0.4 is 5.73 Å². The van der Waals surface area contributed by atoms with Gasteiger partial charge >= 0.3 is 0 Å². The van der Waals surface area contributed by atoms with Crippen LogP contribution in [0.5, 0.6) is 0 Å². The lowest BCUT2D eigenvalue weighted by Crippen LogP contribution is -1.95. The quantitative estimate of drug-likeness (QED) is 0.761. The zero-order valence-electron chi connectivity index (χ0n) is 9.89. The van der Waals surface area contributed by atoms with E-state index in [9.17, 15) is 0 Å². The first-order valence-corrected chi connectivity index (χ1v) is 6.16. The van der Waals surface area contributed by atoms with Crippen molar-refractivity contribution < 1.29 is 5.11 Å². The summed E-state index contributed by atoms with van der Waals surface area (Å²) in [5.41, 5.74) is 7.90. The van der Waals surface area contributed by atoms with Crippen LogP contribution in [-0.2, 0) is 6.54 Å². The maximum absolute atomic E-state index is 8.95. The monoisotopic (exact) mass is 219 g/mol. The van der Waals surface area contributed by atoms with Crippen LogP contribution in [0.1, 0.15) is 30.4 Å². The second-order valence-electron chi connectivity index (χ2n) is 4.94. The molecule has 1 aromatic rings. The van der Waals surface area contributed by atoms with Crippen LogP contribution in [0.15, 0.2) is 24.3 Å². The maximum Gasteiger partial charge on any atom is 0.0603 e. The molecule has 88 valence electrons. The molecule has 0 radical (unpaired) electrons. The van der Waals surface area contributed by atoms with Crippen molar-refractivity contribution in [3.8, 4) is 0 Å². The zero-order chi connectivity index (χ0) is 11.5. The summed E-state index contributed by atoms with van der Waals surface area (Å²) < 4.78 is 0. The van der Waals surface area contributed by atoms with Crippen LogP contribution >= 0.6 is 0 Å². The first-order valence-electron chi connectivity index (χ1n) is 6.16. The minimum absolute atomic E-state index is 0.119. The van der Waals surface area contributed by atoms with E-state index < -0.39 is 0 Å². The molecule has 0 spiro atoms. The number of aryl methyl sites for hydroxylation is 1. The van der Waals surface area contributed by atoms with Crippen LogP contribution in [0.25, 0.3) is 0 Å². The fourth-order valence-electron chi connectivity index (χ4n) is 2.62. The van der Waals surface area contributed by atoms with Crippen molar-refractivity contribution in [2.45, 2.75) is 38.8 Å². The zero-order valence-corrected chi connectivity index (χ0v) is 9.89. The third-order valence-electron chi connectivity index (χ3n) is 3.68. The molecule has 16 heavy (non-hydrogen) atoms. The second kappa shape index (κ2) is 4.98. The minimum Gasteiger partial charge on any atom is -0.393 e. The Hall–Kier alpha value is -0.860. The van der Waals surface area contributed by atoms with Crippen LogP contribution in [0.3, 0.4) is 0 Å². The van der Waals surface area contributed by atoms with Crippen molar-refractivity contribution in [1.82, 2.24) is 0 Å². The number of nitrogens with two attached hydrogens (primary N) is 1. The Morgan fingerprint density at radius 3 is 2.38 bits per heavy atom. The standard InChI is InChI=1S/C8H11N.C6H10O/c1-7-3-2-4-8(5-7)6-9;7-6-4-2-1-3-5(4)6/h2-5H,6,9H2,1H3;4-7H,1-3H2. The molecule has 2 aliphatic carbocycles. The van der Waals surface area contributed by atoms with Gasteiger partial charge in [0.05, 0.1) is 6.10 Å². The first kappa shape index (κ1) is 11.6. The molecule has 0 aliphatic heterocycles. The van der Waals surface area contributed by atoms with Crippen LogP contribution in [0.2, 0.25) is 0 Å². The van der Waals surface area contributed by atoms with Gasteiger partial charge in [0.15, 0.2) is 0 Å². The van der Waals surface area contributed by atoms with E-state index >= 15 is 0 Å². The molecule has 2 unspecified atom stereocenters. The highest BCUT2D eigenvalue weighted by atomic mass is 16.3. The SMILES string of the molecule is Cc1cccc(CN)c1.OC1C2CCCC12. The number of benzene rings is 1. The molecule has 2 aliphatic rings. The fraction of sp³-hybridized carbons (Fsp3) is 0.571. The van der Waals surface area contributed by atoms with E-state index in [1.165, 1.54) is 30.4 Å². The fourth-order valence-corrected chi connectivity index (χ4v) is 2.62. The lowest BCUT2D eigenvalue weighted by molar-refractivity contribution is 0.233. The smallest absolute Gasteiger partial charge is 0.0603 e. The summed E-state index contributed by atoms with van der Waals surface area (Å²) in [6.45, 7) is 2.71. The molecule has 2 saturated carbocycles. The molecule has 0 heterocycles. The van der Waals surface area contributed by atoms with Crippen molar-refractivity contribution in [2.75, 3.05) is 0 Å². The van der Waals surface area contributed by atoms with Gasteiger partial charge in [0, 0.05) is 6.54 Å². The van der Waals surface area contributed by atoms with Gasteiger partial charge in [-0.2, -0.15) is 0 Å². The number of hydrogen-bond acceptors (Lipinski definition) is 2. The Morgan fingerprint density at radius 2 is 2.00 bits per heavy atom. The highest BCUT2D eigenvalue weighted by Crippen LogP contribution is 2.51. The summed E-state index contributed by atoms with van der Waals surface area (Å²) in [6.07, 6.45) is 4.08. The highest BCUT2D eigenvalue weighted by molar-refractivity contribution is 5.21. The minimum atomic E-state index is 0.119. The van der Waals surface area contributed by atoms with Crippen molar-refractivity contribution in [1.29, 1.82) is 0 Å². The topological polar surface area (TPSA) is 46.2 Å². The predicted molar refractivity (Wildman–Crippen MR) is 65.9 cm³/mol. The average molecular weight is 219 g/mol. The molecule has 3 N–H and O–H groups in total. The van der Waals surface area contributed by atoms with E-state index in [0.717, 1.165) is 11.8 Å². The molecule has 0 aromatic heterocycles. The Labute approximate surface area is 97.5 Å². The van der Waals surface area contributed by atoms with E-state index in [4.69, 9.17) is 10.8 Å². The van der Waals surface area contributed by atoms with E-state index in [-0.39, 0.29) is 6.10 Å². The number of aliphatic hydroxyl groups is 1. The summed E-state index contributed by atoms with van der Waals surface area (Å²) in [7, 11) is 0. The van der Waals surface area contributed by atoms with E-state index in [1.54, 1.807) is 0 Å². The molecule has 2 atom stereocenters. The molecule has 3 rings (SSSR count).